The molecule has 1 atom stereocenters. The van der Waals surface area contributed by atoms with E-state index in [-0.39, 0.29) is 6.04 Å². The van der Waals surface area contributed by atoms with Gasteiger partial charge in [-0.25, -0.2) is 0 Å². The Morgan fingerprint density at radius 2 is 1.92 bits per heavy atom. The van der Waals surface area contributed by atoms with Crippen molar-refractivity contribution in [1.29, 1.82) is 0 Å². The first-order valence-electron chi connectivity index (χ1n) is 5.14. The summed E-state index contributed by atoms with van der Waals surface area (Å²) in [5.74, 6) is 0. The molecule has 0 aromatic carbocycles. The Balaban J connectivity index is 2.90. The zero-order chi connectivity index (χ0) is 9.23. The van der Waals surface area contributed by atoms with Crippen LogP contribution in [0, 0.1) is 0 Å². The highest BCUT2D eigenvalue weighted by atomic mass is 16.5. The molecule has 2 N–H and O–H groups in total. The fraction of sp³-hybridized carbons (Fsp3) is 1.00. The topological polar surface area (TPSA) is 35.2 Å². The second-order valence-electron chi connectivity index (χ2n) is 3.30. The van der Waals surface area contributed by atoms with Crippen molar-refractivity contribution in [2.24, 2.45) is 5.73 Å². The Labute approximate surface area is 76.5 Å². The molecule has 0 radical (unpaired) electrons. The lowest BCUT2D eigenvalue weighted by Crippen LogP contribution is -2.25. The molecule has 0 fully saturated rings. The first-order chi connectivity index (χ1) is 5.81. The highest BCUT2D eigenvalue weighted by Crippen LogP contribution is 1.99. The Morgan fingerprint density at radius 3 is 2.50 bits per heavy atom. The maximum absolute atomic E-state index is 5.69. The third-order valence-corrected chi connectivity index (χ3v) is 2.00. The second kappa shape index (κ2) is 9.01. The Hall–Kier alpha value is -0.0800. The van der Waals surface area contributed by atoms with Crippen molar-refractivity contribution in [2.75, 3.05) is 13.2 Å². The zero-order valence-corrected chi connectivity index (χ0v) is 8.51. The molecular weight excluding hydrogens is 150 g/mol. The second-order valence-corrected chi connectivity index (χ2v) is 3.30. The van der Waals surface area contributed by atoms with Gasteiger partial charge in [-0.3, -0.25) is 0 Å². The standard InChI is InChI=1S/C10H23NO/c1-3-5-6-7-8-12-9-10(11)4-2/h10H,3-9,11H2,1-2H3. The van der Waals surface area contributed by atoms with Crippen LogP contribution < -0.4 is 5.73 Å². The van der Waals surface area contributed by atoms with Gasteiger partial charge in [0.25, 0.3) is 0 Å². The minimum atomic E-state index is 0.233. The van der Waals surface area contributed by atoms with Crippen molar-refractivity contribution < 1.29 is 4.74 Å². The molecule has 0 rings (SSSR count). The van der Waals surface area contributed by atoms with Gasteiger partial charge in [0.15, 0.2) is 0 Å². The van der Waals surface area contributed by atoms with Gasteiger partial charge in [-0.15, -0.1) is 0 Å². The quantitative estimate of drug-likeness (QED) is 0.572. The molecule has 0 amide bonds. The first kappa shape index (κ1) is 11.9. The third kappa shape index (κ3) is 8.02. The predicted octanol–water partition coefficient (Wildman–Crippen LogP) is 2.32. The lowest BCUT2D eigenvalue weighted by molar-refractivity contribution is 0.116. The highest BCUT2D eigenvalue weighted by Gasteiger charge is 1.97. The molecule has 12 heavy (non-hydrogen) atoms. The molecule has 2 heteroatoms. The number of nitrogens with two attached hydrogens (primary N) is 1. The van der Waals surface area contributed by atoms with Crippen molar-refractivity contribution in [3.8, 4) is 0 Å². The van der Waals surface area contributed by atoms with Crippen LogP contribution in [0.4, 0.5) is 0 Å². The van der Waals surface area contributed by atoms with E-state index in [1.165, 1.54) is 25.7 Å². The number of ether oxygens (including phenoxy) is 1. The summed E-state index contributed by atoms with van der Waals surface area (Å²) in [6.45, 7) is 5.91. The van der Waals surface area contributed by atoms with Crippen molar-refractivity contribution in [1.82, 2.24) is 0 Å². The molecule has 0 heterocycles. The SMILES string of the molecule is CCCCCCOCC(N)CC. The molecule has 0 saturated heterocycles. The van der Waals surface area contributed by atoms with E-state index >= 15 is 0 Å². The molecule has 74 valence electrons. The minimum Gasteiger partial charge on any atom is -0.380 e. The summed E-state index contributed by atoms with van der Waals surface area (Å²) in [5, 5.41) is 0. The van der Waals surface area contributed by atoms with E-state index < -0.39 is 0 Å². The molecule has 1 unspecified atom stereocenters. The number of rotatable bonds is 8. The van der Waals surface area contributed by atoms with Crippen molar-refractivity contribution in [3.63, 3.8) is 0 Å². The van der Waals surface area contributed by atoms with Gasteiger partial charge in [-0.1, -0.05) is 33.1 Å². The minimum absolute atomic E-state index is 0.233. The Morgan fingerprint density at radius 1 is 1.17 bits per heavy atom. The molecule has 0 spiro atoms. The fourth-order valence-corrected chi connectivity index (χ4v) is 0.983. The summed E-state index contributed by atoms with van der Waals surface area (Å²) in [7, 11) is 0. The van der Waals surface area contributed by atoms with Gasteiger partial charge in [0.2, 0.25) is 0 Å². The lowest BCUT2D eigenvalue weighted by Gasteiger charge is -2.08. The normalized spacial score (nSPS) is 13.2. The van der Waals surface area contributed by atoms with Crippen LogP contribution in [0.3, 0.4) is 0 Å². The van der Waals surface area contributed by atoms with Crippen molar-refractivity contribution >= 4 is 0 Å². The molecule has 0 aromatic heterocycles. The van der Waals surface area contributed by atoms with Crippen molar-refractivity contribution in [2.45, 2.75) is 52.0 Å². The van der Waals surface area contributed by atoms with Gasteiger partial charge in [0.05, 0.1) is 6.61 Å². The summed E-state index contributed by atoms with van der Waals surface area (Å²) in [6.07, 6.45) is 6.09. The van der Waals surface area contributed by atoms with Crippen LogP contribution in [0.5, 0.6) is 0 Å². The number of hydrogen-bond donors (Lipinski definition) is 1. The van der Waals surface area contributed by atoms with Gasteiger partial charge in [0.1, 0.15) is 0 Å². The van der Waals surface area contributed by atoms with E-state index in [2.05, 4.69) is 13.8 Å². The summed E-state index contributed by atoms with van der Waals surface area (Å²) >= 11 is 0. The highest BCUT2D eigenvalue weighted by molar-refractivity contribution is 4.55. The Kier molecular flexibility index (Phi) is 8.95. The largest absolute Gasteiger partial charge is 0.380 e. The third-order valence-electron chi connectivity index (χ3n) is 2.00. The Bertz CT molecular complexity index is 85.9. The van der Waals surface area contributed by atoms with Crippen LogP contribution in [0.2, 0.25) is 0 Å². The lowest BCUT2D eigenvalue weighted by atomic mass is 10.2. The zero-order valence-electron chi connectivity index (χ0n) is 8.51. The predicted molar refractivity (Wildman–Crippen MR) is 53.2 cm³/mol. The van der Waals surface area contributed by atoms with E-state index in [1.54, 1.807) is 0 Å². The van der Waals surface area contributed by atoms with Gasteiger partial charge >= 0.3 is 0 Å². The maximum Gasteiger partial charge on any atom is 0.0617 e. The average Bonchev–Trinajstić information content (AvgIpc) is 2.10. The van der Waals surface area contributed by atoms with E-state index in [4.69, 9.17) is 10.5 Å². The number of unbranched alkanes of at least 4 members (excludes halogenated alkanes) is 3. The molecule has 0 bridgehead atoms. The molecule has 0 aliphatic rings. The van der Waals surface area contributed by atoms with Gasteiger partial charge in [-0.05, 0) is 12.8 Å². The van der Waals surface area contributed by atoms with Crippen LogP contribution in [0.1, 0.15) is 46.0 Å². The summed E-state index contributed by atoms with van der Waals surface area (Å²) in [6, 6.07) is 0.233. The van der Waals surface area contributed by atoms with Crippen LogP contribution in [-0.2, 0) is 4.74 Å². The summed E-state index contributed by atoms with van der Waals surface area (Å²) < 4.78 is 5.41. The summed E-state index contributed by atoms with van der Waals surface area (Å²) in [5.41, 5.74) is 5.69. The van der Waals surface area contributed by atoms with Crippen molar-refractivity contribution in [3.05, 3.63) is 0 Å². The van der Waals surface area contributed by atoms with Gasteiger partial charge in [0, 0.05) is 12.6 Å². The molecule has 0 saturated carbocycles. The van der Waals surface area contributed by atoms with E-state index in [9.17, 15) is 0 Å². The van der Waals surface area contributed by atoms with Crippen LogP contribution in [0.15, 0.2) is 0 Å². The van der Waals surface area contributed by atoms with Crippen LogP contribution in [-0.4, -0.2) is 19.3 Å². The fourth-order valence-electron chi connectivity index (χ4n) is 0.983. The molecule has 0 aromatic rings. The molecule has 2 nitrogen and oxygen atoms in total. The molecular formula is C10H23NO. The molecule has 0 aliphatic carbocycles. The van der Waals surface area contributed by atoms with Gasteiger partial charge in [-0.2, -0.15) is 0 Å². The maximum atomic E-state index is 5.69. The van der Waals surface area contributed by atoms with Gasteiger partial charge < -0.3 is 10.5 Å². The monoisotopic (exact) mass is 173 g/mol. The van der Waals surface area contributed by atoms with E-state index in [0.29, 0.717) is 0 Å². The smallest absolute Gasteiger partial charge is 0.0617 e. The van der Waals surface area contributed by atoms with Crippen LogP contribution in [0.25, 0.3) is 0 Å². The summed E-state index contributed by atoms with van der Waals surface area (Å²) in [4.78, 5) is 0. The van der Waals surface area contributed by atoms with E-state index in [0.717, 1.165) is 19.6 Å². The molecule has 0 aliphatic heterocycles. The first-order valence-corrected chi connectivity index (χ1v) is 5.14. The van der Waals surface area contributed by atoms with Crippen LogP contribution >= 0.6 is 0 Å². The van der Waals surface area contributed by atoms with E-state index in [1.807, 2.05) is 0 Å². The average molecular weight is 173 g/mol. The number of hydrogen-bond acceptors (Lipinski definition) is 2.